The lowest BCUT2D eigenvalue weighted by atomic mass is 9.85. The average Bonchev–Trinajstić information content (AvgIpc) is 2.79. The van der Waals surface area contributed by atoms with Gasteiger partial charge in [0.15, 0.2) is 28.3 Å². The molecule has 1 aromatic carbocycles. The average molecular weight is 413 g/mol. The van der Waals surface area contributed by atoms with Crippen LogP contribution in [0, 0.1) is 5.92 Å². The summed E-state index contributed by atoms with van der Waals surface area (Å²) in [6, 6.07) is 6.67. The highest BCUT2D eigenvalue weighted by atomic mass is 16.5. The van der Waals surface area contributed by atoms with Crippen molar-refractivity contribution in [3.05, 3.63) is 40.2 Å². The van der Waals surface area contributed by atoms with E-state index in [1.54, 1.807) is 18.2 Å². The molecule has 0 unspecified atom stereocenters. The third-order valence-electron chi connectivity index (χ3n) is 6.37. The van der Waals surface area contributed by atoms with Gasteiger partial charge in [-0.05, 0) is 24.5 Å². The molecule has 0 radical (unpaired) electrons. The van der Waals surface area contributed by atoms with Gasteiger partial charge in [0.2, 0.25) is 0 Å². The number of carbonyl (C=O) groups is 1. The number of nitrogens with zero attached hydrogens (tertiary/aromatic N) is 1. The molecule has 1 aromatic heterocycles. The molecule has 0 atom stereocenters. The molecule has 2 fully saturated rings. The van der Waals surface area contributed by atoms with Crippen molar-refractivity contribution in [3.63, 3.8) is 0 Å². The summed E-state index contributed by atoms with van der Waals surface area (Å²) < 4.78 is 11.9. The molecule has 1 aliphatic heterocycles. The van der Waals surface area contributed by atoms with Crippen molar-refractivity contribution >= 4 is 16.8 Å². The fourth-order valence-corrected chi connectivity index (χ4v) is 4.56. The summed E-state index contributed by atoms with van der Waals surface area (Å²) in [5.74, 6) is 1.22. The highest BCUT2D eigenvalue weighted by Crippen LogP contribution is 2.29. The molecule has 0 spiro atoms. The first kappa shape index (κ1) is 21.1. The zero-order chi connectivity index (χ0) is 20.8. The lowest BCUT2D eigenvalue weighted by Crippen LogP contribution is -2.44. The fraction of sp³-hybridized carbons (Fsp3) is 0.583. The Morgan fingerprint density at radius 3 is 2.77 bits per heavy atom. The first-order valence-corrected chi connectivity index (χ1v) is 11.4. The topological polar surface area (TPSA) is 71.8 Å². The molecule has 1 saturated heterocycles. The number of para-hydroxylation sites is 1. The second kappa shape index (κ2) is 10.2. The first-order valence-electron chi connectivity index (χ1n) is 11.4. The van der Waals surface area contributed by atoms with Gasteiger partial charge < -0.3 is 14.5 Å². The normalized spacial score (nSPS) is 18.5. The molecule has 0 amide bonds. The minimum atomic E-state index is -0.190. The summed E-state index contributed by atoms with van der Waals surface area (Å²) in [7, 11) is 0. The van der Waals surface area contributed by atoms with E-state index in [1.807, 2.05) is 0 Å². The molecule has 2 aromatic rings. The van der Waals surface area contributed by atoms with Gasteiger partial charge in [0, 0.05) is 45.2 Å². The van der Waals surface area contributed by atoms with Crippen molar-refractivity contribution in [1.29, 1.82) is 0 Å². The summed E-state index contributed by atoms with van der Waals surface area (Å²) in [4.78, 5) is 27.7. The molecule has 6 heteroatoms. The van der Waals surface area contributed by atoms with Gasteiger partial charge in [-0.3, -0.25) is 14.5 Å². The number of rotatable bonds is 8. The number of hydrogen-bond donors (Lipinski definition) is 1. The zero-order valence-corrected chi connectivity index (χ0v) is 17.7. The van der Waals surface area contributed by atoms with Crippen molar-refractivity contribution in [2.75, 3.05) is 39.3 Å². The number of carbonyl (C=O) groups excluding carboxylic acids is 1. The van der Waals surface area contributed by atoms with Crippen LogP contribution in [0.5, 0.6) is 5.75 Å². The summed E-state index contributed by atoms with van der Waals surface area (Å²) in [6.45, 7) is 5.34. The van der Waals surface area contributed by atoms with E-state index in [0.717, 1.165) is 39.1 Å². The van der Waals surface area contributed by atoms with Gasteiger partial charge in [-0.25, -0.2) is 0 Å². The number of hydrogen-bond acceptors (Lipinski definition) is 6. The number of ether oxygens (including phenoxy) is 1. The minimum absolute atomic E-state index is 0.0878. The number of benzene rings is 1. The van der Waals surface area contributed by atoms with Gasteiger partial charge in [0.05, 0.1) is 5.39 Å². The molecule has 30 heavy (non-hydrogen) atoms. The molecule has 1 N–H and O–H groups in total. The predicted octanol–water partition coefficient (Wildman–Crippen LogP) is 3.62. The van der Waals surface area contributed by atoms with E-state index in [4.69, 9.17) is 9.15 Å². The number of Topliss-reactive ketones (excluding diaryl/α,β-unsaturated/α-hetero) is 1. The van der Waals surface area contributed by atoms with Gasteiger partial charge in [-0.15, -0.1) is 0 Å². The summed E-state index contributed by atoms with van der Waals surface area (Å²) in [5, 5.41) is 3.79. The third kappa shape index (κ3) is 5.29. The Balaban J connectivity index is 1.44. The van der Waals surface area contributed by atoms with Gasteiger partial charge >= 0.3 is 0 Å². The molecule has 1 saturated carbocycles. The standard InChI is InChI=1S/C24H32N2O4/c27-20(10-9-18-5-2-1-3-6-18)23-17-21(28)19-7-4-8-22(24(19)30-23)29-16-15-26-13-11-25-12-14-26/h4,7-8,17-18,25H,1-3,5-6,9-16H2. The van der Waals surface area contributed by atoms with Crippen LogP contribution < -0.4 is 15.5 Å². The van der Waals surface area contributed by atoms with Crippen LogP contribution in [-0.2, 0) is 0 Å². The van der Waals surface area contributed by atoms with Crippen molar-refractivity contribution in [2.45, 2.75) is 44.9 Å². The van der Waals surface area contributed by atoms with E-state index in [1.165, 1.54) is 38.2 Å². The number of nitrogens with one attached hydrogen (secondary N) is 1. The van der Waals surface area contributed by atoms with Crippen molar-refractivity contribution in [2.24, 2.45) is 5.92 Å². The summed E-state index contributed by atoms with van der Waals surface area (Å²) in [6.07, 6.45) is 7.56. The third-order valence-corrected chi connectivity index (χ3v) is 6.37. The van der Waals surface area contributed by atoms with E-state index in [-0.39, 0.29) is 17.0 Å². The maximum Gasteiger partial charge on any atom is 0.198 e. The number of ketones is 1. The smallest absolute Gasteiger partial charge is 0.198 e. The van der Waals surface area contributed by atoms with Crippen LogP contribution in [0.2, 0.25) is 0 Å². The summed E-state index contributed by atoms with van der Waals surface area (Å²) >= 11 is 0. The van der Waals surface area contributed by atoms with E-state index in [9.17, 15) is 9.59 Å². The Labute approximate surface area is 177 Å². The fourth-order valence-electron chi connectivity index (χ4n) is 4.56. The highest BCUT2D eigenvalue weighted by Gasteiger charge is 2.19. The Bertz CT molecular complexity index is 911. The predicted molar refractivity (Wildman–Crippen MR) is 117 cm³/mol. The van der Waals surface area contributed by atoms with Gasteiger partial charge in [0.25, 0.3) is 0 Å². The van der Waals surface area contributed by atoms with Crippen LogP contribution in [0.3, 0.4) is 0 Å². The second-order valence-electron chi connectivity index (χ2n) is 8.51. The van der Waals surface area contributed by atoms with Crippen molar-refractivity contribution < 1.29 is 13.9 Å². The van der Waals surface area contributed by atoms with Crippen LogP contribution in [0.15, 0.2) is 33.5 Å². The Hall–Kier alpha value is -2.18. The maximum absolute atomic E-state index is 12.7. The van der Waals surface area contributed by atoms with Crippen LogP contribution in [0.4, 0.5) is 0 Å². The molecular formula is C24H32N2O4. The Morgan fingerprint density at radius 2 is 1.97 bits per heavy atom. The van der Waals surface area contributed by atoms with E-state index in [0.29, 0.717) is 35.7 Å². The van der Waals surface area contributed by atoms with E-state index < -0.39 is 0 Å². The van der Waals surface area contributed by atoms with Crippen LogP contribution >= 0.6 is 0 Å². The van der Waals surface area contributed by atoms with Crippen LogP contribution in [-0.4, -0.2) is 50.0 Å². The van der Waals surface area contributed by atoms with Crippen molar-refractivity contribution in [3.8, 4) is 5.75 Å². The number of fused-ring (bicyclic) bond motifs is 1. The number of piperazine rings is 1. The molecule has 2 aliphatic rings. The van der Waals surface area contributed by atoms with Gasteiger partial charge in [0.1, 0.15) is 6.61 Å². The van der Waals surface area contributed by atoms with Crippen molar-refractivity contribution in [1.82, 2.24) is 10.2 Å². The SMILES string of the molecule is O=C(CCC1CCCCC1)c1cc(=O)c2cccc(OCCN3CCNCC3)c2o1. The lowest BCUT2D eigenvalue weighted by Gasteiger charge is -2.26. The molecule has 1 aliphatic carbocycles. The molecule has 2 heterocycles. The molecule has 162 valence electrons. The van der Waals surface area contributed by atoms with Gasteiger partial charge in [-0.1, -0.05) is 38.2 Å². The zero-order valence-electron chi connectivity index (χ0n) is 17.7. The Morgan fingerprint density at radius 1 is 1.17 bits per heavy atom. The quantitative estimate of drug-likeness (QED) is 0.668. The lowest BCUT2D eigenvalue weighted by molar-refractivity contribution is 0.0943. The first-order chi connectivity index (χ1) is 14.7. The largest absolute Gasteiger partial charge is 0.488 e. The maximum atomic E-state index is 12.7. The minimum Gasteiger partial charge on any atom is -0.488 e. The molecule has 4 rings (SSSR count). The van der Waals surface area contributed by atoms with E-state index in [2.05, 4.69) is 10.2 Å². The van der Waals surface area contributed by atoms with Crippen LogP contribution in [0.25, 0.3) is 11.0 Å². The molecule has 0 bridgehead atoms. The molecular weight excluding hydrogens is 380 g/mol. The second-order valence-corrected chi connectivity index (χ2v) is 8.51. The monoisotopic (exact) mass is 412 g/mol. The highest BCUT2D eigenvalue weighted by molar-refractivity contribution is 5.95. The summed E-state index contributed by atoms with van der Waals surface area (Å²) in [5.41, 5.74) is 0.191. The van der Waals surface area contributed by atoms with Gasteiger partial charge in [-0.2, -0.15) is 0 Å². The molecule has 6 nitrogen and oxygen atoms in total. The Kier molecular flexibility index (Phi) is 7.18. The van der Waals surface area contributed by atoms with E-state index >= 15 is 0 Å². The van der Waals surface area contributed by atoms with Crippen LogP contribution in [0.1, 0.15) is 55.5 Å².